The number of hydrogen-bond donors (Lipinski definition) is 6. The molecule has 0 radical (unpaired) electrons. The van der Waals surface area contributed by atoms with Crippen molar-refractivity contribution in [1.82, 2.24) is 15.6 Å². The summed E-state index contributed by atoms with van der Waals surface area (Å²) in [5, 5.41) is 15.1. The summed E-state index contributed by atoms with van der Waals surface area (Å²) in [5.41, 5.74) is 8.50. The van der Waals surface area contributed by atoms with E-state index >= 15 is 0 Å². The minimum atomic E-state index is -1.41. The third-order valence-corrected chi connectivity index (χ3v) is 6.55. The smallest absolute Gasteiger partial charge is 0.417 e. The van der Waals surface area contributed by atoms with Crippen LogP contribution in [0.5, 0.6) is 0 Å². The molecule has 1 heterocycles. The Hall–Kier alpha value is -4.39. The second-order valence-corrected chi connectivity index (χ2v) is 9.86. The van der Waals surface area contributed by atoms with E-state index in [1.165, 1.54) is 18.2 Å². The van der Waals surface area contributed by atoms with Gasteiger partial charge in [-0.1, -0.05) is 19.9 Å². The van der Waals surface area contributed by atoms with E-state index in [2.05, 4.69) is 20.6 Å². The lowest BCUT2D eigenvalue weighted by Crippen LogP contribution is -2.79. The van der Waals surface area contributed by atoms with Crippen LogP contribution >= 0.6 is 0 Å². The van der Waals surface area contributed by atoms with Crippen molar-refractivity contribution in [1.29, 1.82) is 0 Å². The van der Waals surface area contributed by atoms with Gasteiger partial charge in [0.2, 0.25) is 13.1 Å². The summed E-state index contributed by atoms with van der Waals surface area (Å²) in [7, 11) is 0. The van der Waals surface area contributed by atoms with Gasteiger partial charge in [0.1, 0.15) is 18.2 Å². The molecule has 230 valence electrons. The van der Waals surface area contributed by atoms with Crippen molar-refractivity contribution in [3.8, 4) is 0 Å². The molecule has 7 N–H and O–H groups in total. The number of nitrogens with one attached hydrogen (secondary N) is 4. The Morgan fingerprint density at radius 3 is 2.31 bits per heavy atom. The normalized spacial score (nSPS) is 13.2. The molecule has 0 saturated heterocycles. The molecule has 0 bridgehead atoms. The fourth-order valence-electron chi connectivity index (χ4n) is 4.27. The molecule has 0 aliphatic rings. The quantitative estimate of drug-likeness (QED) is 0.0814. The maximum atomic E-state index is 13.8. The Bertz CT molecular complexity index is 1270. The molecule has 3 atom stereocenters. The summed E-state index contributed by atoms with van der Waals surface area (Å²) in [6, 6.07) is 3.52. The minimum absolute atomic E-state index is 0.272. The van der Waals surface area contributed by atoms with Crippen LogP contribution in [0, 0.1) is 13.8 Å². The first-order valence-corrected chi connectivity index (χ1v) is 13.9. The van der Waals surface area contributed by atoms with Gasteiger partial charge in [-0.05, 0) is 63.8 Å². The lowest BCUT2D eigenvalue weighted by atomic mass is 9.98. The predicted molar refractivity (Wildman–Crippen MR) is 157 cm³/mol. The van der Waals surface area contributed by atoms with Crippen molar-refractivity contribution in [3.05, 3.63) is 52.3 Å². The topological polar surface area (TPSA) is 190 Å². The van der Waals surface area contributed by atoms with Crippen molar-refractivity contribution < 1.29 is 38.8 Å². The maximum absolute atomic E-state index is 13.8. The van der Waals surface area contributed by atoms with Gasteiger partial charge in [0.05, 0.1) is 11.3 Å². The summed E-state index contributed by atoms with van der Waals surface area (Å²) in [6.07, 6.45) is 1.99. The average molecular weight is 588 g/mol. The number of aliphatic hydroxyl groups is 1. The minimum Gasteiger partial charge on any atom is -0.426 e. The van der Waals surface area contributed by atoms with Crippen molar-refractivity contribution in [3.63, 3.8) is 0 Å². The Morgan fingerprint density at radius 2 is 1.71 bits per heavy atom. The van der Waals surface area contributed by atoms with Gasteiger partial charge in [-0.2, -0.15) is 0 Å². The van der Waals surface area contributed by atoms with Crippen LogP contribution in [0.15, 0.2) is 24.4 Å². The number of rotatable bonds is 14. The second kappa shape index (κ2) is 16.2. The van der Waals surface area contributed by atoms with Gasteiger partial charge in [-0.15, -0.1) is 0 Å². The predicted octanol–water partition coefficient (Wildman–Crippen LogP) is 0.933. The molecule has 0 spiro atoms. The number of esters is 1. The Labute approximate surface area is 245 Å². The summed E-state index contributed by atoms with van der Waals surface area (Å²) in [4.78, 5) is 58.8. The van der Waals surface area contributed by atoms with Gasteiger partial charge in [0.25, 0.3) is 11.8 Å². The van der Waals surface area contributed by atoms with E-state index in [-0.39, 0.29) is 11.8 Å². The molecule has 0 aliphatic carbocycles. The molecule has 1 aromatic carbocycles. The van der Waals surface area contributed by atoms with Crippen LogP contribution in [-0.4, -0.2) is 72.3 Å². The van der Waals surface area contributed by atoms with E-state index in [4.69, 9.17) is 15.2 Å². The zero-order valence-electron chi connectivity index (χ0n) is 25.1. The van der Waals surface area contributed by atoms with Gasteiger partial charge in [-0.3, -0.25) is 25.2 Å². The number of hydrogen-bond acceptors (Lipinski definition) is 7. The number of benzene rings is 1. The number of nitrogens with zero attached hydrogens (tertiary/aromatic N) is 1. The number of nitrogens with two attached hydrogens (primary N) is 1. The number of aromatic amines is 1. The van der Waals surface area contributed by atoms with Gasteiger partial charge >= 0.3 is 12.1 Å². The molecule has 0 saturated carbocycles. The first-order valence-electron chi connectivity index (χ1n) is 13.9. The number of carbonyl (C=O) groups is 4. The van der Waals surface area contributed by atoms with E-state index in [0.29, 0.717) is 46.7 Å². The molecule has 1 aromatic heterocycles. The van der Waals surface area contributed by atoms with E-state index in [0.717, 1.165) is 12.8 Å². The van der Waals surface area contributed by atoms with Gasteiger partial charge < -0.3 is 30.2 Å². The fourth-order valence-corrected chi connectivity index (χ4v) is 4.27. The van der Waals surface area contributed by atoms with Crippen molar-refractivity contribution in [2.75, 3.05) is 24.8 Å². The zero-order valence-corrected chi connectivity index (χ0v) is 25.1. The van der Waals surface area contributed by atoms with Crippen molar-refractivity contribution in [2.45, 2.75) is 72.6 Å². The molecule has 3 amide bonds. The molecule has 13 nitrogen and oxygen atoms in total. The number of aromatic nitrogens is 1. The Kier molecular flexibility index (Phi) is 13.0. The first kappa shape index (κ1) is 33.8. The number of ether oxygens (including phenoxy) is 2. The lowest BCUT2D eigenvalue weighted by Gasteiger charge is -2.33. The molecule has 0 aliphatic heterocycles. The molecule has 13 heteroatoms. The summed E-state index contributed by atoms with van der Waals surface area (Å²) < 4.78 is 10.2. The third-order valence-electron chi connectivity index (χ3n) is 6.55. The van der Waals surface area contributed by atoms with Crippen LogP contribution < -0.4 is 26.3 Å². The van der Waals surface area contributed by atoms with Crippen LogP contribution in [0.25, 0.3) is 0 Å². The number of anilines is 1. The van der Waals surface area contributed by atoms with Crippen molar-refractivity contribution in [2.24, 2.45) is 5.73 Å². The standard InChI is InChI=1S/C29H42N6O7/c1-7-11-31-26(37)21-10-9-17(3)23(13-21)35(29(40)42-16-41-28(39)20(6)36)25(19(5)34-15-30)24-18(4)22(14-33-24)27(38)32-12-8-2/h9-10,13-15,19-20,25,33,36H,7-8,11-12,16H2,1-6H3,(H2,30,34)(H,31,37)(H,32,38)/p+1. The summed E-state index contributed by atoms with van der Waals surface area (Å²) >= 11 is 0. The van der Waals surface area contributed by atoms with Gasteiger partial charge in [0.15, 0.2) is 0 Å². The molecule has 0 fully saturated rings. The number of aliphatic hydroxyl groups excluding tert-OH is 1. The van der Waals surface area contributed by atoms with Crippen LogP contribution in [0.3, 0.4) is 0 Å². The molecular formula is C29H43N6O7+. The van der Waals surface area contributed by atoms with Crippen LogP contribution in [0.1, 0.15) is 84.1 Å². The zero-order chi connectivity index (χ0) is 31.4. The van der Waals surface area contributed by atoms with E-state index < -0.39 is 37.0 Å². The molecule has 2 aromatic rings. The highest BCUT2D eigenvalue weighted by Gasteiger charge is 2.37. The third kappa shape index (κ3) is 8.56. The summed E-state index contributed by atoms with van der Waals surface area (Å²) in [5.74, 6) is -1.56. The maximum Gasteiger partial charge on any atom is 0.417 e. The highest BCUT2D eigenvalue weighted by molar-refractivity contribution is 5.98. The summed E-state index contributed by atoms with van der Waals surface area (Å²) in [6.45, 7) is 10.6. The number of H-pyrrole nitrogens is 1. The van der Waals surface area contributed by atoms with E-state index in [1.807, 2.05) is 13.8 Å². The van der Waals surface area contributed by atoms with E-state index in [9.17, 15) is 24.3 Å². The molecule has 3 unspecified atom stereocenters. The van der Waals surface area contributed by atoms with Crippen LogP contribution in [0.4, 0.5) is 10.5 Å². The first-order chi connectivity index (χ1) is 20.0. The molecule has 2 rings (SSSR count). The molecular weight excluding hydrogens is 544 g/mol. The number of aryl methyl sites for hydroxylation is 1. The van der Waals surface area contributed by atoms with Crippen LogP contribution in [-0.2, 0) is 14.3 Å². The van der Waals surface area contributed by atoms with E-state index in [1.54, 1.807) is 45.2 Å². The fraction of sp³-hybridized carbons (Fsp3) is 0.483. The second-order valence-electron chi connectivity index (χ2n) is 9.86. The van der Waals surface area contributed by atoms with Gasteiger partial charge in [0, 0.05) is 30.5 Å². The number of amides is 3. The van der Waals surface area contributed by atoms with Gasteiger partial charge in [-0.25, -0.2) is 9.59 Å². The monoisotopic (exact) mass is 587 g/mol. The lowest BCUT2D eigenvalue weighted by molar-refractivity contribution is -0.499. The number of carbonyl (C=O) groups excluding carboxylic acids is 4. The Morgan fingerprint density at radius 1 is 1.07 bits per heavy atom. The highest BCUT2D eigenvalue weighted by atomic mass is 16.7. The van der Waals surface area contributed by atoms with Crippen molar-refractivity contribution >= 4 is 35.9 Å². The molecule has 42 heavy (non-hydrogen) atoms. The average Bonchev–Trinajstić information content (AvgIpc) is 3.33. The van der Waals surface area contributed by atoms with Crippen LogP contribution in [0.2, 0.25) is 0 Å². The largest absolute Gasteiger partial charge is 0.426 e. The highest BCUT2D eigenvalue weighted by Crippen LogP contribution is 2.34. The Balaban J connectivity index is 2.70. The SMILES string of the molecule is CCCNC(=O)c1ccc(C)c(N(C(=O)OCOC(=O)C(C)O)C(c2[nH]cc(C(=O)NCCC)c2C)C(C)[NH+]=CN)c1.